The molecule has 13 heteroatoms. The summed E-state index contributed by atoms with van der Waals surface area (Å²) in [6.45, 7) is 3.63. The fourth-order valence-corrected chi connectivity index (χ4v) is 8.37. The van der Waals surface area contributed by atoms with Crippen LogP contribution in [0.15, 0.2) is 36.5 Å². The Hall–Kier alpha value is -2.13. The molecule has 0 aromatic carbocycles. The van der Waals surface area contributed by atoms with Crippen LogP contribution < -0.4 is 0 Å². The van der Waals surface area contributed by atoms with E-state index in [0.717, 1.165) is 57.8 Å². The van der Waals surface area contributed by atoms with Gasteiger partial charge in [0.05, 0.1) is 6.61 Å². The molecule has 0 aliphatic carbocycles. The third-order valence-electron chi connectivity index (χ3n) is 11.5. The van der Waals surface area contributed by atoms with Crippen LogP contribution in [0.5, 0.6) is 0 Å². The van der Waals surface area contributed by atoms with Crippen molar-refractivity contribution in [2.75, 3.05) is 19.0 Å². The lowest BCUT2D eigenvalue weighted by Crippen LogP contribution is -2.60. The van der Waals surface area contributed by atoms with Gasteiger partial charge in [0.2, 0.25) is 0 Å². The smallest absolute Gasteiger partial charge is 0.306 e. The van der Waals surface area contributed by atoms with Gasteiger partial charge < -0.3 is 34.3 Å². The standard InChI is InChI=1S/C50H90O12S/c1-3-5-7-9-11-13-15-17-18-19-20-21-22-23-24-25-27-28-30-32-34-36-38-45(51)59-40-43(41-60-50-49(55)48(54)47(53)44(62-50)42-63(56,57)58)61-46(52)39-37-35-33-31-29-26-16-14-12-10-8-6-4-2/h6,8,10,12,14,16,43-44,47-50,53-55H,3-5,7,9,11,13,15,17-42H2,1-2H3,(H,56,57,58)/b8-6+,12-10+,16-14+/t43?,44-,47-,48?,49?,50+/m1/s1. The largest absolute Gasteiger partial charge is 0.462 e. The number of rotatable bonds is 42. The van der Waals surface area contributed by atoms with Crippen molar-refractivity contribution in [3.63, 3.8) is 0 Å². The number of ether oxygens (including phenoxy) is 4. The number of hydrogen-bond acceptors (Lipinski definition) is 11. The maximum absolute atomic E-state index is 12.8. The van der Waals surface area contributed by atoms with E-state index in [-0.39, 0.29) is 19.4 Å². The molecular weight excluding hydrogens is 825 g/mol. The summed E-state index contributed by atoms with van der Waals surface area (Å²) >= 11 is 0. The van der Waals surface area contributed by atoms with Gasteiger partial charge in [-0.25, -0.2) is 0 Å². The Kier molecular flexibility index (Phi) is 37.5. The molecule has 63 heavy (non-hydrogen) atoms. The van der Waals surface area contributed by atoms with Crippen LogP contribution in [0.25, 0.3) is 0 Å². The van der Waals surface area contributed by atoms with Crippen LogP contribution in [-0.2, 0) is 38.7 Å². The second-order valence-corrected chi connectivity index (χ2v) is 19.0. The summed E-state index contributed by atoms with van der Waals surface area (Å²) in [5.74, 6) is -2.00. The van der Waals surface area contributed by atoms with Crippen LogP contribution in [0.2, 0.25) is 0 Å². The van der Waals surface area contributed by atoms with E-state index in [4.69, 9.17) is 18.9 Å². The van der Waals surface area contributed by atoms with Crippen molar-refractivity contribution in [2.24, 2.45) is 0 Å². The molecule has 12 nitrogen and oxygen atoms in total. The fourth-order valence-electron chi connectivity index (χ4n) is 7.68. The molecular formula is C50H90O12S. The van der Waals surface area contributed by atoms with Crippen molar-refractivity contribution in [1.29, 1.82) is 0 Å². The quantitative estimate of drug-likeness (QED) is 0.0197. The summed E-state index contributed by atoms with van der Waals surface area (Å²) in [7, 11) is -4.61. The van der Waals surface area contributed by atoms with E-state index in [0.29, 0.717) is 12.8 Å². The van der Waals surface area contributed by atoms with E-state index in [1.54, 1.807) is 0 Å². The fraction of sp³-hybridized carbons (Fsp3) is 0.840. The van der Waals surface area contributed by atoms with Gasteiger partial charge in [-0.2, -0.15) is 8.42 Å². The lowest BCUT2D eigenvalue weighted by atomic mass is 10.00. The van der Waals surface area contributed by atoms with Crippen molar-refractivity contribution in [2.45, 2.75) is 250 Å². The highest BCUT2D eigenvalue weighted by Crippen LogP contribution is 2.24. The monoisotopic (exact) mass is 915 g/mol. The van der Waals surface area contributed by atoms with Crippen LogP contribution in [0.1, 0.15) is 213 Å². The van der Waals surface area contributed by atoms with Gasteiger partial charge >= 0.3 is 11.9 Å². The van der Waals surface area contributed by atoms with Crippen molar-refractivity contribution in [1.82, 2.24) is 0 Å². The van der Waals surface area contributed by atoms with Crippen LogP contribution in [0.3, 0.4) is 0 Å². The van der Waals surface area contributed by atoms with Crippen LogP contribution in [0.4, 0.5) is 0 Å². The molecule has 0 saturated carbocycles. The molecule has 0 amide bonds. The Balaban J connectivity index is 2.34. The van der Waals surface area contributed by atoms with E-state index < -0.39 is 71.2 Å². The maximum Gasteiger partial charge on any atom is 0.306 e. The van der Waals surface area contributed by atoms with Crippen molar-refractivity contribution < 1.29 is 56.8 Å². The highest BCUT2D eigenvalue weighted by Gasteiger charge is 2.46. The number of hydrogen-bond donors (Lipinski definition) is 4. The average Bonchev–Trinajstić information content (AvgIpc) is 3.25. The van der Waals surface area contributed by atoms with E-state index in [2.05, 4.69) is 26.0 Å². The lowest BCUT2D eigenvalue weighted by Gasteiger charge is -2.40. The zero-order valence-electron chi connectivity index (χ0n) is 39.4. The molecule has 3 unspecified atom stereocenters. The SMILES string of the molecule is CC/C=C/C=C/C=C/CCCCCCCC(=O)OC(COC(=O)CCCCCCCCCCCCCCCCCCCCCCCC)CO[C@H]1O[C@H](CS(=O)(=O)O)[C@@H](O)C(O)C1O. The number of unbranched alkanes of at least 4 members (excludes halogenated alkanes) is 26. The first-order valence-corrected chi connectivity index (χ1v) is 26.7. The van der Waals surface area contributed by atoms with Gasteiger partial charge in [-0.15, -0.1) is 0 Å². The number of aliphatic hydroxyl groups excluding tert-OH is 3. The number of carbonyl (C=O) groups excluding carboxylic acids is 2. The van der Waals surface area contributed by atoms with Crippen LogP contribution in [0, 0.1) is 0 Å². The van der Waals surface area contributed by atoms with Crippen molar-refractivity contribution in [3.05, 3.63) is 36.5 Å². The summed E-state index contributed by atoms with van der Waals surface area (Å²) in [6.07, 6.45) is 37.7. The molecule has 1 rings (SSSR count). The molecule has 1 saturated heterocycles. The molecule has 0 aromatic heterocycles. The molecule has 1 heterocycles. The van der Waals surface area contributed by atoms with Crippen molar-refractivity contribution >= 4 is 22.1 Å². The van der Waals surface area contributed by atoms with Gasteiger partial charge in [-0.05, 0) is 32.1 Å². The molecule has 1 fully saturated rings. The minimum atomic E-state index is -4.61. The zero-order valence-corrected chi connectivity index (χ0v) is 40.2. The normalized spacial score (nSPS) is 20.0. The Morgan fingerprint density at radius 2 is 1.00 bits per heavy atom. The lowest BCUT2D eigenvalue weighted by molar-refractivity contribution is -0.297. The highest BCUT2D eigenvalue weighted by atomic mass is 32.2. The first kappa shape index (κ1) is 58.9. The predicted octanol–water partition coefficient (Wildman–Crippen LogP) is 11.0. The Morgan fingerprint density at radius 1 is 0.556 bits per heavy atom. The molecule has 0 spiro atoms. The number of allylic oxidation sites excluding steroid dienone is 6. The first-order valence-electron chi connectivity index (χ1n) is 25.1. The third kappa shape index (κ3) is 34.8. The Bertz CT molecular complexity index is 1300. The number of carbonyl (C=O) groups is 2. The summed E-state index contributed by atoms with van der Waals surface area (Å²) in [5, 5.41) is 30.9. The van der Waals surface area contributed by atoms with Gasteiger partial charge in [0.15, 0.2) is 12.4 Å². The zero-order chi connectivity index (χ0) is 46.2. The third-order valence-corrected chi connectivity index (χ3v) is 12.3. The minimum Gasteiger partial charge on any atom is -0.462 e. The highest BCUT2D eigenvalue weighted by molar-refractivity contribution is 7.85. The van der Waals surface area contributed by atoms with Gasteiger partial charge in [0, 0.05) is 12.8 Å². The van der Waals surface area contributed by atoms with Crippen LogP contribution in [-0.4, -0.2) is 96.0 Å². The van der Waals surface area contributed by atoms with Gasteiger partial charge in [0.25, 0.3) is 10.1 Å². The van der Waals surface area contributed by atoms with Crippen molar-refractivity contribution in [3.8, 4) is 0 Å². The predicted molar refractivity (Wildman–Crippen MR) is 252 cm³/mol. The maximum atomic E-state index is 12.8. The van der Waals surface area contributed by atoms with E-state index in [1.165, 1.54) is 116 Å². The molecule has 6 atom stereocenters. The summed E-state index contributed by atoms with van der Waals surface area (Å²) in [6, 6.07) is 0. The second kappa shape index (κ2) is 40.2. The van der Waals surface area contributed by atoms with E-state index in [9.17, 15) is 37.9 Å². The average molecular weight is 915 g/mol. The second-order valence-electron chi connectivity index (χ2n) is 17.5. The number of aliphatic hydroxyl groups is 3. The van der Waals surface area contributed by atoms with Gasteiger partial charge in [-0.3, -0.25) is 14.1 Å². The Morgan fingerprint density at radius 3 is 1.48 bits per heavy atom. The molecule has 0 radical (unpaired) electrons. The molecule has 0 aromatic rings. The Labute approximate surface area is 382 Å². The first-order chi connectivity index (χ1) is 30.5. The molecule has 1 aliphatic heterocycles. The van der Waals surface area contributed by atoms with Gasteiger partial charge in [-0.1, -0.05) is 204 Å². The summed E-state index contributed by atoms with van der Waals surface area (Å²) in [4.78, 5) is 25.5. The van der Waals surface area contributed by atoms with E-state index in [1.807, 2.05) is 24.3 Å². The summed E-state index contributed by atoms with van der Waals surface area (Å²) in [5.41, 5.74) is 0. The molecule has 4 N–H and O–H groups in total. The minimum absolute atomic E-state index is 0.143. The van der Waals surface area contributed by atoms with E-state index >= 15 is 0 Å². The molecule has 0 bridgehead atoms. The molecule has 1 aliphatic rings. The topological polar surface area (TPSA) is 186 Å². The van der Waals surface area contributed by atoms with Crippen LogP contribution >= 0.6 is 0 Å². The summed E-state index contributed by atoms with van der Waals surface area (Å²) < 4.78 is 54.1. The molecule has 368 valence electrons. The van der Waals surface area contributed by atoms with Gasteiger partial charge in [0.1, 0.15) is 36.8 Å². The number of esters is 2.